The molecule has 3 nitrogen and oxygen atoms in total. The van der Waals surface area contributed by atoms with Gasteiger partial charge in [-0.3, -0.25) is 5.32 Å². The molecule has 0 bridgehead atoms. The Labute approximate surface area is 97.4 Å². The summed E-state index contributed by atoms with van der Waals surface area (Å²) in [6, 6.07) is 10.8. The van der Waals surface area contributed by atoms with Gasteiger partial charge in [-0.1, -0.05) is 18.2 Å². The van der Waals surface area contributed by atoms with Gasteiger partial charge in [0.05, 0.1) is 12.6 Å². The maximum atomic E-state index is 5.65. The van der Waals surface area contributed by atoms with E-state index in [1.54, 1.807) is 0 Å². The monoisotopic (exact) mass is 220 g/mol. The second-order valence-corrected chi connectivity index (χ2v) is 4.88. The Morgan fingerprint density at radius 2 is 2.06 bits per heavy atom. The Kier molecular flexibility index (Phi) is 3.17. The average Bonchev–Trinajstić information content (AvgIpc) is 2.59. The van der Waals surface area contributed by atoms with Crippen LogP contribution in [-0.2, 0) is 4.74 Å². The first-order valence-corrected chi connectivity index (χ1v) is 5.75. The van der Waals surface area contributed by atoms with E-state index in [4.69, 9.17) is 4.74 Å². The number of nitrogens with one attached hydrogen (secondary N) is 1. The van der Waals surface area contributed by atoms with Crippen LogP contribution in [-0.4, -0.2) is 32.0 Å². The molecule has 3 heteroatoms. The molecular weight excluding hydrogens is 200 g/mol. The van der Waals surface area contributed by atoms with Gasteiger partial charge in [-0.25, -0.2) is 0 Å². The fraction of sp³-hybridized carbons (Fsp3) is 0.538. The number of para-hydroxylation sites is 1. The molecule has 88 valence electrons. The molecule has 1 aromatic carbocycles. The molecule has 1 N–H and O–H groups in total. The minimum atomic E-state index is -0.178. The van der Waals surface area contributed by atoms with Crippen molar-refractivity contribution in [1.82, 2.24) is 5.32 Å². The largest absolute Gasteiger partial charge is 0.373 e. The highest BCUT2D eigenvalue weighted by molar-refractivity contribution is 5.45. The van der Waals surface area contributed by atoms with Crippen molar-refractivity contribution in [1.29, 1.82) is 0 Å². The van der Waals surface area contributed by atoms with Crippen molar-refractivity contribution in [2.75, 3.05) is 25.1 Å². The molecular formula is C13H20N2O. The van der Waals surface area contributed by atoms with Crippen molar-refractivity contribution in [3.05, 3.63) is 30.3 Å². The highest BCUT2D eigenvalue weighted by Crippen LogP contribution is 2.17. The lowest BCUT2D eigenvalue weighted by molar-refractivity contribution is 0.0231. The summed E-state index contributed by atoms with van der Waals surface area (Å²) in [6.07, 6.45) is 0. The highest BCUT2D eigenvalue weighted by Gasteiger charge is 2.31. The van der Waals surface area contributed by atoms with Gasteiger partial charge in [-0.2, -0.15) is 0 Å². The van der Waals surface area contributed by atoms with Gasteiger partial charge in [0.25, 0.3) is 0 Å². The minimum Gasteiger partial charge on any atom is -0.373 e. The minimum absolute atomic E-state index is 0.178. The van der Waals surface area contributed by atoms with Crippen LogP contribution in [0.25, 0.3) is 0 Å². The summed E-state index contributed by atoms with van der Waals surface area (Å²) >= 11 is 0. The lowest BCUT2D eigenvalue weighted by Gasteiger charge is -2.24. The molecule has 0 aliphatic carbocycles. The fourth-order valence-corrected chi connectivity index (χ4v) is 2.10. The molecule has 0 saturated carbocycles. The molecule has 1 atom stereocenters. The molecule has 0 aromatic heterocycles. The predicted octanol–water partition coefficient (Wildman–Crippen LogP) is 1.85. The average molecular weight is 220 g/mol. The van der Waals surface area contributed by atoms with Crippen LogP contribution in [0, 0.1) is 0 Å². The van der Waals surface area contributed by atoms with Gasteiger partial charge in [-0.15, -0.1) is 0 Å². The molecule has 1 heterocycles. The summed E-state index contributed by atoms with van der Waals surface area (Å²) < 4.78 is 5.65. The van der Waals surface area contributed by atoms with Crippen LogP contribution in [0.4, 0.5) is 5.69 Å². The van der Waals surface area contributed by atoms with Crippen LogP contribution in [0.1, 0.15) is 13.8 Å². The van der Waals surface area contributed by atoms with E-state index in [0.717, 1.165) is 13.2 Å². The molecule has 1 aliphatic heterocycles. The summed E-state index contributed by atoms with van der Waals surface area (Å²) in [5.41, 5.74) is 1.07. The highest BCUT2D eigenvalue weighted by atomic mass is 16.5. The number of hydrogen-bond acceptors (Lipinski definition) is 3. The van der Waals surface area contributed by atoms with E-state index in [0.29, 0.717) is 6.04 Å². The standard InChI is InChI=1S/C13H20N2O/c1-13(2)14-11(10-16-13)9-15(3)12-7-5-4-6-8-12/h4-8,11,14H,9-10H2,1-3H3. The zero-order chi connectivity index (χ0) is 11.6. The third kappa shape index (κ3) is 2.74. The van der Waals surface area contributed by atoms with Crippen molar-refractivity contribution in [2.45, 2.75) is 25.6 Å². The molecule has 1 saturated heterocycles. The summed E-state index contributed by atoms with van der Waals surface area (Å²) in [7, 11) is 2.11. The second-order valence-electron chi connectivity index (χ2n) is 4.88. The number of hydrogen-bond donors (Lipinski definition) is 1. The van der Waals surface area contributed by atoms with Crippen LogP contribution in [0.3, 0.4) is 0 Å². The zero-order valence-corrected chi connectivity index (χ0v) is 10.2. The third-order valence-electron chi connectivity index (χ3n) is 2.89. The van der Waals surface area contributed by atoms with Crippen molar-refractivity contribution in [3.63, 3.8) is 0 Å². The Morgan fingerprint density at radius 3 is 2.62 bits per heavy atom. The van der Waals surface area contributed by atoms with E-state index in [1.165, 1.54) is 5.69 Å². The Balaban J connectivity index is 1.91. The maximum Gasteiger partial charge on any atom is 0.113 e. The number of ether oxygens (including phenoxy) is 1. The van der Waals surface area contributed by atoms with Crippen LogP contribution in [0.2, 0.25) is 0 Å². The van der Waals surface area contributed by atoms with Gasteiger partial charge < -0.3 is 9.64 Å². The quantitative estimate of drug-likeness (QED) is 0.841. The van der Waals surface area contributed by atoms with E-state index in [2.05, 4.69) is 55.4 Å². The Hall–Kier alpha value is -1.06. The van der Waals surface area contributed by atoms with E-state index < -0.39 is 0 Å². The van der Waals surface area contributed by atoms with Gasteiger partial charge in [0.1, 0.15) is 5.72 Å². The van der Waals surface area contributed by atoms with Crippen molar-refractivity contribution >= 4 is 5.69 Å². The molecule has 0 radical (unpaired) electrons. The molecule has 16 heavy (non-hydrogen) atoms. The Morgan fingerprint density at radius 1 is 1.38 bits per heavy atom. The first-order valence-electron chi connectivity index (χ1n) is 5.75. The van der Waals surface area contributed by atoms with Gasteiger partial charge in [-0.05, 0) is 26.0 Å². The molecule has 1 aromatic rings. The fourth-order valence-electron chi connectivity index (χ4n) is 2.10. The van der Waals surface area contributed by atoms with E-state index in [1.807, 2.05) is 6.07 Å². The van der Waals surface area contributed by atoms with Crippen molar-refractivity contribution in [2.24, 2.45) is 0 Å². The second kappa shape index (κ2) is 4.44. The van der Waals surface area contributed by atoms with Crippen LogP contribution < -0.4 is 10.2 Å². The molecule has 0 amide bonds. The maximum absolute atomic E-state index is 5.65. The molecule has 1 unspecified atom stereocenters. The molecule has 2 rings (SSSR count). The Bertz CT molecular complexity index is 337. The zero-order valence-electron chi connectivity index (χ0n) is 10.2. The smallest absolute Gasteiger partial charge is 0.113 e. The molecule has 1 fully saturated rings. The van der Waals surface area contributed by atoms with Gasteiger partial charge in [0, 0.05) is 19.3 Å². The van der Waals surface area contributed by atoms with Gasteiger partial charge in [0.2, 0.25) is 0 Å². The van der Waals surface area contributed by atoms with E-state index in [9.17, 15) is 0 Å². The number of anilines is 1. The topological polar surface area (TPSA) is 24.5 Å². The molecule has 1 aliphatic rings. The van der Waals surface area contributed by atoms with Gasteiger partial charge >= 0.3 is 0 Å². The van der Waals surface area contributed by atoms with Crippen LogP contribution >= 0.6 is 0 Å². The van der Waals surface area contributed by atoms with Crippen LogP contribution in [0.15, 0.2) is 30.3 Å². The first-order chi connectivity index (χ1) is 7.57. The lowest BCUT2D eigenvalue weighted by Crippen LogP contribution is -2.43. The lowest BCUT2D eigenvalue weighted by atomic mass is 10.2. The summed E-state index contributed by atoms with van der Waals surface area (Å²) in [6.45, 7) is 5.88. The number of likely N-dealkylation sites (N-methyl/N-ethyl adjacent to an activating group) is 1. The SMILES string of the molecule is CN(CC1COC(C)(C)N1)c1ccccc1. The number of benzene rings is 1. The van der Waals surface area contributed by atoms with Crippen LogP contribution in [0.5, 0.6) is 0 Å². The van der Waals surface area contributed by atoms with Crippen molar-refractivity contribution < 1.29 is 4.74 Å². The normalized spacial score (nSPS) is 23.3. The van der Waals surface area contributed by atoms with E-state index >= 15 is 0 Å². The predicted molar refractivity (Wildman–Crippen MR) is 66.7 cm³/mol. The summed E-state index contributed by atoms with van der Waals surface area (Å²) in [4.78, 5) is 2.25. The van der Waals surface area contributed by atoms with Crippen molar-refractivity contribution in [3.8, 4) is 0 Å². The number of nitrogens with zero attached hydrogens (tertiary/aromatic N) is 1. The summed E-state index contributed by atoms with van der Waals surface area (Å²) in [5, 5.41) is 3.47. The van der Waals surface area contributed by atoms with Gasteiger partial charge in [0.15, 0.2) is 0 Å². The number of rotatable bonds is 3. The summed E-state index contributed by atoms with van der Waals surface area (Å²) in [5.74, 6) is 0. The third-order valence-corrected chi connectivity index (χ3v) is 2.89. The first kappa shape index (κ1) is 11.4. The van der Waals surface area contributed by atoms with E-state index in [-0.39, 0.29) is 5.72 Å². The molecule has 0 spiro atoms.